The molecule has 1 N–H and O–H groups in total. The third-order valence-corrected chi connectivity index (χ3v) is 7.78. The maximum atomic E-state index is 11.2. The highest BCUT2D eigenvalue weighted by Gasteiger charge is 2.17. The molecule has 2 aromatic heterocycles. The summed E-state index contributed by atoms with van der Waals surface area (Å²) >= 11 is 0. The Bertz CT molecular complexity index is 2000. The summed E-state index contributed by atoms with van der Waals surface area (Å²) in [6.45, 7) is 2.97. The summed E-state index contributed by atoms with van der Waals surface area (Å²) in [4.78, 5) is 0. The van der Waals surface area contributed by atoms with Gasteiger partial charge in [0.05, 0.1) is 18.8 Å². The van der Waals surface area contributed by atoms with Crippen LogP contribution in [-0.2, 0) is 29.0 Å². The van der Waals surface area contributed by atoms with Crippen molar-refractivity contribution in [3.05, 3.63) is 166 Å². The number of hydrogen-bond acceptors (Lipinski definition) is 6. The van der Waals surface area contributed by atoms with Gasteiger partial charge in [0.15, 0.2) is 0 Å². The van der Waals surface area contributed by atoms with Gasteiger partial charge in [-0.05, 0) is 51.5 Å². The van der Waals surface area contributed by atoms with Gasteiger partial charge in [0, 0.05) is 12.4 Å². The van der Waals surface area contributed by atoms with Crippen molar-refractivity contribution in [2.45, 2.75) is 25.8 Å². The van der Waals surface area contributed by atoms with Crippen molar-refractivity contribution in [2.75, 3.05) is 0 Å². The molecular weight excluding hydrogens is 572 g/mol. The molecular formula is C34H30N6O3S. The van der Waals surface area contributed by atoms with Gasteiger partial charge in [-0.1, -0.05) is 120 Å². The molecule has 9 nitrogen and oxygen atoms in total. The molecule has 0 aliphatic heterocycles. The van der Waals surface area contributed by atoms with Crippen LogP contribution in [0.3, 0.4) is 0 Å². The minimum atomic E-state index is -4.18. The van der Waals surface area contributed by atoms with Gasteiger partial charge >= 0.3 is 0 Å². The van der Waals surface area contributed by atoms with E-state index >= 15 is 0 Å². The first kappa shape index (κ1) is 28.9. The second-order valence-electron chi connectivity index (χ2n) is 10.6. The summed E-state index contributed by atoms with van der Waals surface area (Å²) in [7, 11) is -4.18. The van der Waals surface area contributed by atoms with Crippen molar-refractivity contribution in [3.8, 4) is 0 Å². The molecule has 4 aromatic carbocycles. The Kier molecular flexibility index (Phi) is 8.27. The molecule has 0 spiro atoms. The zero-order chi connectivity index (χ0) is 30.5. The van der Waals surface area contributed by atoms with E-state index in [1.807, 2.05) is 54.2 Å². The van der Waals surface area contributed by atoms with Gasteiger partial charge in [-0.3, -0.25) is 4.55 Å². The van der Waals surface area contributed by atoms with Crippen LogP contribution in [0.25, 0.3) is 11.1 Å². The van der Waals surface area contributed by atoms with E-state index in [4.69, 9.17) is 4.55 Å². The minimum absolute atomic E-state index is 0.188. The lowest BCUT2D eigenvalue weighted by molar-refractivity contribution is 0.481. The summed E-state index contributed by atoms with van der Waals surface area (Å²) < 4.78 is 34.9. The monoisotopic (exact) mass is 602 g/mol. The molecule has 44 heavy (non-hydrogen) atoms. The maximum Gasteiger partial charge on any atom is 0.270 e. The smallest absolute Gasteiger partial charge is 0.270 e. The van der Waals surface area contributed by atoms with Crippen LogP contribution in [0, 0.1) is 6.92 Å². The molecule has 0 saturated carbocycles. The normalized spacial score (nSPS) is 12.2. The average Bonchev–Trinajstić information content (AvgIpc) is 3.64. The van der Waals surface area contributed by atoms with Crippen LogP contribution < -0.4 is 0 Å². The van der Waals surface area contributed by atoms with Crippen molar-refractivity contribution < 1.29 is 13.0 Å². The van der Waals surface area contributed by atoms with E-state index in [9.17, 15) is 8.42 Å². The van der Waals surface area contributed by atoms with Crippen LogP contribution in [-0.4, -0.2) is 43.0 Å². The Labute approximate surface area is 255 Å². The van der Waals surface area contributed by atoms with Gasteiger partial charge in [0.25, 0.3) is 10.1 Å². The SMILES string of the molecule is Cc1cn(Cc2ccc(C(=C(c3ccccc3)c3ccc(Cn4cc(CS(=O)(=O)O)nn4)cc3)c3ccccc3)cc2)nn1. The molecule has 0 amide bonds. The van der Waals surface area contributed by atoms with Crippen LogP contribution >= 0.6 is 0 Å². The number of benzene rings is 4. The van der Waals surface area contributed by atoms with Gasteiger partial charge in [0.2, 0.25) is 0 Å². The number of hydrogen-bond donors (Lipinski definition) is 1. The van der Waals surface area contributed by atoms with Crippen molar-refractivity contribution in [2.24, 2.45) is 0 Å². The second-order valence-corrected chi connectivity index (χ2v) is 12.0. The number of aryl methyl sites for hydroxylation is 1. The van der Waals surface area contributed by atoms with E-state index in [-0.39, 0.29) is 5.69 Å². The number of rotatable bonds is 10. The Morgan fingerprint density at radius 2 is 1.05 bits per heavy atom. The molecule has 0 atom stereocenters. The van der Waals surface area contributed by atoms with Crippen LogP contribution in [0.4, 0.5) is 0 Å². The largest absolute Gasteiger partial charge is 0.285 e. The van der Waals surface area contributed by atoms with Crippen molar-refractivity contribution in [3.63, 3.8) is 0 Å². The first-order chi connectivity index (χ1) is 21.3. The van der Waals surface area contributed by atoms with Gasteiger partial charge < -0.3 is 0 Å². The van der Waals surface area contributed by atoms with E-state index in [0.29, 0.717) is 13.1 Å². The Morgan fingerprint density at radius 1 is 0.614 bits per heavy atom. The lowest BCUT2D eigenvalue weighted by Crippen LogP contribution is -2.02. The predicted molar refractivity (Wildman–Crippen MR) is 169 cm³/mol. The van der Waals surface area contributed by atoms with Gasteiger partial charge in [-0.2, -0.15) is 8.42 Å². The van der Waals surface area contributed by atoms with Crippen LogP contribution in [0.5, 0.6) is 0 Å². The predicted octanol–water partition coefficient (Wildman–Crippen LogP) is 5.67. The summed E-state index contributed by atoms with van der Waals surface area (Å²) in [5.41, 5.74) is 9.71. The Hall–Kier alpha value is -5.19. The van der Waals surface area contributed by atoms with E-state index in [0.717, 1.165) is 50.2 Å². The fraction of sp³-hybridized carbons (Fsp3) is 0.118. The van der Waals surface area contributed by atoms with Gasteiger partial charge in [0.1, 0.15) is 11.4 Å². The molecule has 2 heterocycles. The maximum absolute atomic E-state index is 11.2. The molecule has 220 valence electrons. The molecule has 6 rings (SSSR count). The molecule has 0 radical (unpaired) electrons. The Balaban J connectivity index is 1.39. The van der Waals surface area contributed by atoms with Gasteiger partial charge in [-0.25, -0.2) is 9.36 Å². The molecule has 0 saturated heterocycles. The third kappa shape index (κ3) is 7.05. The highest BCUT2D eigenvalue weighted by Crippen LogP contribution is 2.37. The highest BCUT2D eigenvalue weighted by molar-refractivity contribution is 7.85. The fourth-order valence-electron chi connectivity index (χ4n) is 5.19. The van der Waals surface area contributed by atoms with E-state index < -0.39 is 15.9 Å². The molecule has 10 heteroatoms. The molecule has 0 bridgehead atoms. The third-order valence-electron chi connectivity index (χ3n) is 7.12. The summed E-state index contributed by atoms with van der Waals surface area (Å²) in [5, 5.41) is 16.2. The standard InChI is InChI=1S/C34H30N6O3S/c1-25-20-39(37-35-25)21-26-12-16-30(17-13-26)33(28-8-4-2-5-9-28)34(29-10-6-3-7-11-29)31-18-14-27(15-19-31)22-40-23-32(36-38-40)24-44(41,42)43/h2-20,23H,21-22,24H2,1H3,(H,41,42,43). The molecule has 0 aliphatic carbocycles. The van der Waals surface area contributed by atoms with E-state index in [2.05, 4.69) is 93.4 Å². The fourth-order valence-corrected chi connectivity index (χ4v) is 5.70. The average molecular weight is 603 g/mol. The van der Waals surface area contributed by atoms with Crippen molar-refractivity contribution in [1.29, 1.82) is 0 Å². The molecule has 6 aromatic rings. The molecule has 0 fully saturated rings. The first-order valence-electron chi connectivity index (χ1n) is 14.1. The van der Waals surface area contributed by atoms with Gasteiger partial charge in [-0.15, -0.1) is 10.2 Å². The second kappa shape index (κ2) is 12.6. The zero-order valence-electron chi connectivity index (χ0n) is 24.0. The summed E-state index contributed by atoms with van der Waals surface area (Å²) in [6.07, 6.45) is 3.46. The molecule has 0 aliphatic rings. The van der Waals surface area contributed by atoms with Crippen molar-refractivity contribution >= 4 is 21.3 Å². The topological polar surface area (TPSA) is 116 Å². The quantitative estimate of drug-likeness (QED) is 0.159. The first-order valence-corrected chi connectivity index (χ1v) is 15.7. The lowest BCUT2D eigenvalue weighted by atomic mass is 9.85. The summed E-state index contributed by atoms with van der Waals surface area (Å²) in [5.74, 6) is -0.569. The minimum Gasteiger partial charge on any atom is -0.285 e. The van der Waals surface area contributed by atoms with Crippen molar-refractivity contribution in [1.82, 2.24) is 30.0 Å². The van der Waals surface area contributed by atoms with E-state index in [1.54, 1.807) is 4.68 Å². The molecule has 0 unspecified atom stereocenters. The van der Waals surface area contributed by atoms with Crippen LogP contribution in [0.15, 0.2) is 122 Å². The lowest BCUT2D eigenvalue weighted by Gasteiger charge is -2.19. The summed E-state index contributed by atoms with van der Waals surface area (Å²) in [6, 6.07) is 37.6. The Morgan fingerprint density at radius 3 is 1.48 bits per heavy atom. The highest BCUT2D eigenvalue weighted by atomic mass is 32.2. The zero-order valence-corrected chi connectivity index (χ0v) is 24.8. The van der Waals surface area contributed by atoms with E-state index in [1.165, 1.54) is 6.20 Å². The number of nitrogens with zero attached hydrogens (tertiary/aromatic N) is 6. The van der Waals surface area contributed by atoms with Crippen LogP contribution in [0.1, 0.15) is 44.8 Å². The van der Waals surface area contributed by atoms with Crippen LogP contribution in [0.2, 0.25) is 0 Å². The number of aromatic nitrogens is 6.